The Morgan fingerprint density at radius 2 is 1.64 bits per heavy atom. The first kappa shape index (κ1) is 15.9. The summed E-state index contributed by atoms with van der Waals surface area (Å²) in [7, 11) is 0. The van der Waals surface area contributed by atoms with Gasteiger partial charge in [0.05, 0.1) is 12.2 Å². The predicted molar refractivity (Wildman–Crippen MR) is 84.6 cm³/mol. The van der Waals surface area contributed by atoms with Gasteiger partial charge in [0.15, 0.2) is 0 Å². The summed E-state index contributed by atoms with van der Waals surface area (Å²) in [5.41, 5.74) is 1.68. The lowest BCUT2D eigenvalue weighted by Gasteiger charge is -2.09. The highest BCUT2D eigenvalue weighted by molar-refractivity contribution is 5.89. The summed E-state index contributed by atoms with van der Waals surface area (Å²) in [6.45, 7) is 5.01. The summed E-state index contributed by atoms with van der Waals surface area (Å²) in [4.78, 5) is 11.6. The van der Waals surface area contributed by atoms with Gasteiger partial charge in [-0.25, -0.2) is 4.79 Å². The summed E-state index contributed by atoms with van der Waals surface area (Å²) in [6.07, 6.45) is 0. The van der Waals surface area contributed by atoms with Gasteiger partial charge in [0.1, 0.15) is 24.7 Å². The molecule has 116 valence electrons. The Morgan fingerprint density at radius 1 is 0.955 bits per heavy atom. The number of ether oxygens (including phenoxy) is 3. The van der Waals surface area contributed by atoms with Crippen molar-refractivity contribution in [2.24, 2.45) is 0 Å². The van der Waals surface area contributed by atoms with E-state index in [-0.39, 0.29) is 5.97 Å². The van der Waals surface area contributed by atoms with Crippen LogP contribution in [0.15, 0.2) is 48.5 Å². The molecule has 0 saturated carbocycles. The molecule has 0 N–H and O–H groups in total. The highest BCUT2D eigenvalue weighted by atomic mass is 16.5. The van der Waals surface area contributed by atoms with Gasteiger partial charge in [0, 0.05) is 0 Å². The minimum atomic E-state index is -0.344. The molecule has 0 aliphatic carbocycles. The number of rotatable bonds is 7. The highest BCUT2D eigenvalue weighted by Crippen LogP contribution is 2.15. The van der Waals surface area contributed by atoms with Crippen molar-refractivity contribution in [1.82, 2.24) is 0 Å². The van der Waals surface area contributed by atoms with E-state index in [9.17, 15) is 4.79 Å². The van der Waals surface area contributed by atoms with Crippen LogP contribution < -0.4 is 9.47 Å². The minimum Gasteiger partial charge on any atom is -0.490 e. The van der Waals surface area contributed by atoms with Crippen LogP contribution in [0.1, 0.15) is 22.8 Å². The number of benzene rings is 2. The van der Waals surface area contributed by atoms with Crippen LogP contribution in [0.3, 0.4) is 0 Å². The van der Waals surface area contributed by atoms with E-state index in [1.54, 1.807) is 31.2 Å². The Balaban J connectivity index is 1.80. The van der Waals surface area contributed by atoms with Crippen LogP contribution in [0.4, 0.5) is 0 Å². The summed E-state index contributed by atoms with van der Waals surface area (Å²) in [6, 6.07) is 14.8. The Kier molecular flexibility index (Phi) is 5.83. The largest absolute Gasteiger partial charge is 0.490 e. The first-order valence-electron chi connectivity index (χ1n) is 7.28. The zero-order chi connectivity index (χ0) is 15.8. The smallest absolute Gasteiger partial charge is 0.338 e. The lowest BCUT2D eigenvalue weighted by atomic mass is 10.2. The molecule has 4 nitrogen and oxygen atoms in total. The third-order valence-corrected chi connectivity index (χ3v) is 2.99. The quantitative estimate of drug-likeness (QED) is 0.578. The fraction of sp³-hybridized carbons (Fsp3) is 0.278. The maximum atomic E-state index is 11.6. The summed E-state index contributed by atoms with van der Waals surface area (Å²) >= 11 is 0. The van der Waals surface area contributed by atoms with Gasteiger partial charge in [0.2, 0.25) is 0 Å². The first-order chi connectivity index (χ1) is 10.7. The maximum absolute atomic E-state index is 11.6. The van der Waals surface area contributed by atoms with E-state index in [2.05, 4.69) is 0 Å². The van der Waals surface area contributed by atoms with Gasteiger partial charge in [-0.05, 0) is 44.2 Å². The Morgan fingerprint density at radius 3 is 2.32 bits per heavy atom. The van der Waals surface area contributed by atoms with Crippen LogP contribution in [0.25, 0.3) is 0 Å². The molecule has 0 spiro atoms. The molecule has 2 rings (SSSR count). The van der Waals surface area contributed by atoms with Gasteiger partial charge in [-0.2, -0.15) is 0 Å². The van der Waals surface area contributed by atoms with Crippen molar-refractivity contribution in [1.29, 1.82) is 0 Å². The zero-order valence-electron chi connectivity index (χ0n) is 12.9. The SMILES string of the molecule is CCOC(=O)c1cccc(OCCOc2ccc(C)cc2)c1. The molecular weight excluding hydrogens is 280 g/mol. The van der Waals surface area contributed by atoms with Crippen LogP contribution in [0.2, 0.25) is 0 Å². The first-order valence-corrected chi connectivity index (χ1v) is 7.28. The fourth-order valence-corrected chi connectivity index (χ4v) is 1.88. The molecule has 22 heavy (non-hydrogen) atoms. The van der Waals surface area contributed by atoms with E-state index in [1.165, 1.54) is 5.56 Å². The number of carbonyl (C=O) groups excluding carboxylic acids is 1. The number of carbonyl (C=O) groups is 1. The molecule has 0 bridgehead atoms. The second kappa shape index (κ2) is 8.08. The monoisotopic (exact) mass is 300 g/mol. The lowest BCUT2D eigenvalue weighted by molar-refractivity contribution is 0.0526. The molecule has 0 amide bonds. The number of esters is 1. The number of hydrogen-bond acceptors (Lipinski definition) is 4. The normalized spacial score (nSPS) is 10.1. The van der Waals surface area contributed by atoms with Crippen molar-refractivity contribution >= 4 is 5.97 Å². The third kappa shape index (κ3) is 4.81. The third-order valence-electron chi connectivity index (χ3n) is 2.99. The predicted octanol–water partition coefficient (Wildman–Crippen LogP) is 3.63. The Labute approximate surface area is 130 Å². The maximum Gasteiger partial charge on any atom is 0.338 e. The highest BCUT2D eigenvalue weighted by Gasteiger charge is 2.07. The molecule has 0 atom stereocenters. The van der Waals surface area contributed by atoms with Crippen molar-refractivity contribution in [3.05, 3.63) is 59.7 Å². The van der Waals surface area contributed by atoms with Crippen LogP contribution in [-0.2, 0) is 4.74 Å². The van der Waals surface area contributed by atoms with Crippen LogP contribution in [0.5, 0.6) is 11.5 Å². The minimum absolute atomic E-state index is 0.344. The fourth-order valence-electron chi connectivity index (χ4n) is 1.88. The summed E-state index contributed by atoms with van der Waals surface area (Å²) in [5, 5.41) is 0. The molecule has 0 fully saturated rings. The van der Waals surface area contributed by atoms with E-state index in [0.717, 1.165) is 5.75 Å². The Bertz CT molecular complexity index is 605. The van der Waals surface area contributed by atoms with Crippen molar-refractivity contribution in [3.8, 4) is 11.5 Å². The van der Waals surface area contributed by atoms with Gasteiger partial charge < -0.3 is 14.2 Å². The van der Waals surface area contributed by atoms with Crippen molar-refractivity contribution in [2.75, 3.05) is 19.8 Å². The second-order valence-corrected chi connectivity index (χ2v) is 4.76. The van der Waals surface area contributed by atoms with E-state index in [1.807, 2.05) is 31.2 Å². The standard InChI is InChI=1S/C18H20O4/c1-3-20-18(19)15-5-4-6-17(13-15)22-12-11-21-16-9-7-14(2)8-10-16/h4-10,13H,3,11-12H2,1-2H3. The molecule has 4 heteroatoms. The van der Waals surface area contributed by atoms with Crippen molar-refractivity contribution in [3.63, 3.8) is 0 Å². The molecule has 0 heterocycles. The molecule has 0 saturated heterocycles. The molecule has 0 radical (unpaired) electrons. The number of hydrogen-bond donors (Lipinski definition) is 0. The molecule has 0 aliphatic rings. The summed E-state index contributed by atoms with van der Waals surface area (Å²) in [5.74, 6) is 1.09. The molecule has 0 unspecified atom stereocenters. The zero-order valence-corrected chi connectivity index (χ0v) is 12.9. The van der Waals surface area contributed by atoms with E-state index in [4.69, 9.17) is 14.2 Å². The lowest BCUT2D eigenvalue weighted by Crippen LogP contribution is -2.10. The van der Waals surface area contributed by atoms with Gasteiger partial charge in [-0.15, -0.1) is 0 Å². The summed E-state index contributed by atoms with van der Waals surface area (Å²) < 4.78 is 16.1. The average Bonchev–Trinajstić information content (AvgIpc) is 2.54. The van der Waals surface area contributed by atoms with E-state index < -0.39 is 0 Å². The number of aryl methyl sites for hydroxylation is 1. The van der Waals surface area contributed by atoms with Crippen LogP contribution >= 0.6 is 0 Å². The second-order valence-electron chi connectivity index (χ2n) is 4.76. The van der Waals surface area contributed by atoms with Crippen LogP contribution in [-0.4, -0.2) is 25.8 Å². The van der Waals surface area contributed by atoms with Gasteiger partial charge >= 0.3 is 5.97 Å². The molecule has 0 aromatic heterocycles. The van der Waals surface area contributed by atoms with Crippen molar-refractivity contribution < 1.29 is 19.0 Å². The van der Waals surface area contributed by atoms with Crippen molar-refractivity contribution in [2.45, 2.75) is 13.8 Å². The van der Waals surface area contributed by atoms with E-state index in [0.29, 0.717) is 31.1 Å². The topological polar surface area (TPSA) is 44.8 Å². The molecule has 2 aromatic rings. The molecule has 2 aromatic carbocycles. The van der Waals surface area contributed by atoms with E-state index >= 15 is 0 Å². The van der Waals surface area contributed by atoms with Crippen LogP contribution in [0, 0.1) is 6.92 Å². The van der Waals surface area contributed by atoms with Gasteiger partial charge in [-0.3, -0.25) is 0 Å². The van der Waals surface area contributed by atoms with Gasteiger partial charge in [0.25, 0.3) is 0 Å². The molecular formula is C18H20O4. The van der Waals surface area contributed by atoms with Gasteiger partial charge in [-0.1, -0.05) is 23.8 Å². The Hall–Kier alpha value is -2.49. The average molecular weight is 300 g/mol. The molecule has 0 aliphatic heterocycles.